The molecule has 2 aliphatic heterocycles. The lowest BCUT2D eigenvalue weighted by Gasteiger charge is -2.24. The number of nitrogens with one attached hydrogen (secondary N) is 1. The van der Waals surface area contributed by atoms with E-state index < -0.39 is 0 Å². The Balaban J connectivity index is 1.97. The van der Waals surface area contributed by atoms with Crippen LogP contribution in [0.2, 0.25) is 0 Å². The molecule has 4 heteroatoms. The number of carbonyl (C=O) groups is 1. The molecule has 0 aliphatic carbocycles. The first-order valence-corrected chi connectivity index (χ1v) is 5.55. The SMILES string of the molecule is NC1CCN(C2CCCCNC2=O)C1. The Morgan fingerprint density at radius 1 is 1.36 bits per heavy atom. The first-order valence-electron chi connectivity index (χ1n) is 5.55. The summed E-state index contributed by atoms with van der Waals surface area (Å²) in [6.45, 7) is 2.71. The van der Waals surface area contributed by atoms with Gasteiger partial charge in [0.15, 0.2) is 0 Å². The van der Waals surface area contributed by atoms with Crippen molar-refractivity contribution in [3.05, 3.63) is 0 Å². The maximum atomic E-state index is 11.7. The highest BCUT2D eigenvalue weighted by molar-refractivity contribution is 5.81. The van der Waals surface area contributed by atoms with Crippen molar-refractivity contribution in [3.63, 3.8) is 0 Å². The maximum Gasteiger partial charge on any atom is 0.237 e. The minimum Gasteiger partial charge on any atom is -0.355 e. The number of carbonyl (C=O) groups excluding carboxylic acids is 1. The van der Waals surface area contributed by atoms with E-state index in [1.165, 1.54) is 0 Å². The van der Waals surface area contributed by atoms with Gasteiger partial charge in [-0.25, -0.2) is 0 Å². The predicted molar refractivity (Wildman–Crippen MR) is 54.8 cm³/mol. The van der Waals surface area contributed by atoms with Gasteiger partial charge in [0, 0.05) is 25.7 Å². The Morgan fingerprint density at radius 2 is 2.21 bits per heavy atom. The van der Waals surface area contributed by atoms with E-state index in [4.69, 9.17) is 5.73 Å². The van der Waals surface area contributed by atoms with Crippen LogP contribution in [0, 0.1) is 0 Å². The van der Waals surface area contributed by atoms with Crippen molar-refractivity contribution >= 4 is 5.91 Å². The molecule has 2 heterocycles. The van der Waals surface area contributed by atoms with E-state index in [0.29, 0.717) is 0 Å². The molecule has 0 bridgehead atoms. The van der Waals surface area contributed by atoms with Gasteiger partial charge in [0.2, 0.25) is 5.91 Å². The Kier molecular flexibility index (Phi) is 3.03. The summed E-state index contributed by atoms with van der Waals surface area (Å²) in [5.74, 6) is 0.205. The normalized spacial score (nSPS) is 35.4. The lowest BCUT2D eigenvalue weighted by Crippen LogP contribution is -2.45. The molecule has 0 aromatic heterocycles. The largest absolute Gasteiger partial charge is 0.355 e. The molecule has 0 radical (unpaired) electrons. The van der Waals surface area contributed by atoms with Crippen molar-refractivity contribution in [1.82, 2.24) is 10.2 Å². The number of nitrogens with zero attached hydrogens (tertiary/aromatic N) is 1. The molecule has 2 aliphatic rings. The van der Waals surface area contributed by atoms with Crippen molar-refractivity contribution in [2.75, 3.05) is 19.6 Å². The standard InChI is InChI=1S/C10H19N3O/c11-8-4-6-13(7-8)9-3-1-2-5-12-10(9)14/h8-9H,1-7,11H2,(H,12,14). The van der Waals surface area contributed by atoms with E-state index >= 15 is 0 Å². The third-order valence-corrected chi connectivity index (χ3v) is 3.20. The molecule has 2 unspecified atom stereocenters. The summed E-state index contributed by atoms with van der Waals surface area (Å²) < 4.78 is 0. The van der Waals surface area contributed by atoms with Crippen LogP contribution in [-0.2, 0) is 4.79 Å². The van der Waals surface area contributed by atoms with Crippen LogP contribution in [0.3, 0.4) is 0 Å². The van der Waals surface area contributed by atoms with Gasteiger partial charge in [0.25, 0.3) is 0 Å². The molecule has 0 aromatic rings. The van der Waals surface area contributed by atoms with Gasteiger partial charge in [0.05, 0.1) is 6.04 Å². The van der Waals surface area contributed by atoms with Gasteiger partial charge >= 0.3 is 0 Å². The molecule has 0 saturated carbocycles. The molecule has 14 heavy (non-hydrogen) atoms. The Hall–Kier alpha value is -0.610. The fraction of sp³-hybridized carbons (Fsp3) is 0.900. The van der Waals surface area contributed by atoms with Gasteiger partial charge < -0.3 is 11.1 Å². The number of likely N-dealkylation sites (tertiary alicyclic amines) is 1. The number of amides is 1. The fourth-order valence-corrected chi connectivity index (χ4v) is 2.37. The van der Waals surface area contributed by atoms with E-state index in [2.05, 4.69) is 10.2 Å². The van der Waals surface area contributed by atoms with Crippen LogP contribution in [0.15, 0.2) is 0 Å². The number of rotatable bonds is 1. The highest BCUT2D eigenvalue weighted by Gasteiger charge is 2.31. The van der Waals surface area contributed by atoms with Crippen molar-refractivity contribution in [3.8, 4) is 0 Å². The average Bonchev–Trinajstić information content (AvgIpc) is 2.46. The molecule has 4 nitrogen and oxygen atoms in total. The molecule has 2 fully saturated rings. The number of nitrogens with two attached hydrogens (primary N) is 1. The zero-order valence-electron chi connectivity index (χ0n) is 8.54. The minimum absolute atomic E-state index is 0.0889. The molecular formula is C10H19N3O. The van der Waals surface area contributed by atoms with Crippen LogP contribution in [0.1, 0.15) is 25.7 Å². The van der Waals surface area contributed by atoms with Crippen molar-refractivity contribution < 1.29 is 4.79 Å². The Bertz CT molecular complexity index is 219. The van der Waals surface area contributed by atoms with Crippen molar-refractivity contribution in [2.24, 2.45) is 5.73 Å². The highest BCUT2D eigenvalue weighted by atomic mass is 16.2. The van der Waals surface area contributed by atoms with Gasteiger partial charge in [-0.15, -0.1) is 0 Å². The third-order valence-electron chi connectivity index (χ3n) is 3.20. The molecule has 1 amide bonds. The summed E-state index contributed by atoms with van der Waals surface area (Å²) in [5.41, 5.74) is 5.84. The molecule has 0 spiro atoms. The van der Waals surface area contributed by atoms with E-state index in [1.807, 2.05) is 0 Å². The summed E-state index contributed by atoms with van der Waals surface area (Å²) in [6.07, 6.45) is 4.29. The first kappa shape index (κ1) is 9.93. The quantitative estimate of drug-likeness (QED) is 0.606. The molecule has 2 rings (SSSR count). The van der Waals surface area contributed by atoms with Gasteiger partial charge in [-0.05, 0) is 25.7 Å². The van der Waals surface area contributed by atoms with Crippen LogP contribution in [0.5, 0.6) is 0 Å². The maximum absolute atomic E-state index is 11.7. The van der Waals surface area contributed by atoms with Gasteiger partial charge in [0.1, 0.15) is 0 Å². The average molecular weight is 197 g/mol. The second kappa shape index (κ2) is 4.28. The van der Waals surface area contributed by atoms with Crippen molar-refractivity contribution in [1.29, 1.82) is 0 Å². The zero-order chi connectivity index (χ0) is 9.97. The third kappa shape index (κ3) is 2.07. The minimum atomic E-state index is 0.0889. The topological polar surface area (TPSA) is 58.4 Å². The highest BCUT2D eigenvalue weighted by Crippen LogP contribution is 2.17. The van der Waals surface area contributed by atoms with E-state index in [1.54, 1.807) is 0 Å². The smallest absolute Gasteiger partial charge is 0.237 e. The van der Waals surface area contributed by atoms with E-state index in [9.17, 15) is 4.79 Å². The number of hydrogen-bond donors (Lipinski definition) is 2. The monoisotopic (exact) mass is 197 g/mol. The summed E-state index contributed by atoms with van der Waals surface area (Å²) >= 11 is 0. The van der Waals surface area contributed by atoms with Crippen LogP contribution in [0.4, 0.5) is 0 Å². The summed E-state index contributed by atoms with van der Waals surface area (Å²) in [7, 11) is 0. The molecule has 3 N–H and O–H groups in total. The zero-order valence-corrected chi connectivity index (χ0v) is 8.54. The summed E-state index contributed by atoms with van der Waals surface area (Å²) in [4.78, 5) is 14.0. The van der Waals surface area contributed by atoms with Crippen LogP contribution in [0.25, 0.3) is 0 Å². The van der Waals surface area contributed by atoms with E-state index in [0.717, 1.165) is 45.3 Å². The molecular weight excluding hydrogens is 178 g/mol. The fourth-order valence-electron chi connectivity index (χ4n) is 2.37. The van der Waals surface area contributed by atoms with Gasteiger partial charge in [-0.3, -0.25) is 9.69 Å². The van der Waals surface area contributed by atoms with Crippen molar-refractivity contribution in [2.45, 2.75) is 37.8 Å². The van der Waals surface area contributed by atoms with Crippen LogP contribution < -0.4 is 11.1 Å². The van der Waals surface area contributed by atoms with Crippen LogP contribution in [-0.4, -0.2) is 42.5 Å². The molecule has 80 valence electrons. The Labute approximate surface area is 84.8 Å². The lowest BCUT2D eigenvalue weighted by atomic mass is 10.1. The van der Waals surface area contributed by atoms with Gasteiger partial charge in [-0.2, -0.15) is 0 Å². The van der Waals surface area contributed by atoms with Gasteiger partial charge in [-0.1, -0.05) is 0 Å². The lowest BCUT2D eigenvalue weighted by molar-refractivity contribution is -0.125. The summed E-state index contributed by atoms with van der Waals surface area (Å²) in [6, 6.07) is 0.358. The molecule has 2 atom stereocenters. The summed E-state index contributed by atoms with van der Waals surface area (Å²) in [5, 5.41) is 2.96. The Morgan fingerprint density at radius 3 is 2.93 bits per heavy atom. The number of hydrogen-bond acceptors (Lipinski definition) is 3. The molecule has 2 saturated heterocycles. The molecule has 0 aromatic carbocycles. The van der Waals surface area contributed by atoms with Crippen LogP contribution >= 0.6 is 0 Å². The predicted octanol–water partition coefficient (Wildman–Crippen LogP) is -0.312. The van der Waals surface area contributed by atoms with E-state index in [-0.39, 0.29) is 18.0 Å². The second-order valence-electron chi connectivity index (χ2n) is 4.35. The second-order valence-corrected chi connectivity index (χ2v) is 4.35. The first-order chi connectivity index (χ1) is 6.77.